The van der Waals surface area contributed by atoms with Crippen LogP contribution < -0.4 is 10.6 Å². The number of hydrogen-bond donors (Lipinski definition) is 2. The third kappa shape index (κ3) is 8.84. The summed E-state index contributed by atoms with van der Waals surface area (Å²) in [6.45, 7) is 16.1. The number of carbonyl (C=O) groups is 2. The Morgan fingerprint density at radius 1 is 1.19 bits per heavy atom. The quantitative estimate of drug-likeness (QED) is 0.390. The molecule has 4 heteroatoms. The largest absolute Gasteiger partial charge is 0.354 e. The molecular formula is C17H28N2O2. The van der Waals surface area contributed by atoms with Crippen molar-refractivity contribution >= 4 is 11.8 Å². The first-order valence-corrected chi connectivity index (χ1v) is 7.26. The van der Waals surface area contributed by atoms with Crippen LogP contribution in [0, 0.1) is 5.41 Å². The van der Waals surface area contributed by atoms with Crippen molar-refractivity contribution in [3.05, 3.63) is 36.5 Å². The smallest absolute Gasteiger partial charge is 0.251 e. The van der Waals surface area contributed by atoms with Crippen molar-refractivity contribution in [3.8, 4) is 0 Å². The van der Waals surface area contributed by atoms with Gasteiger partial charge in [0.05, 0.1) is 0 Å². The molecule has 0 bridgehead atoms. The molecule has 0 spiro atoms. The Morgan fingerprint density at radius 2 is 1.76 bits per heavy atom. The van der Waals surface area contributed by atoms with Crippen molar-refractivity contribution in [2.75, 3.05) is 13.1 Å². The molecule has 0 aromatic rings. The molecule has 2 N–H and O–H groups in total. The molecule has 0 aromatic carbocycles. The van der Waals surface area contributed by atoms with Gasteiger partial charge >= 0.3 is 0 Å². The lowest BCUT2D eigenvalue weighted by atomic mass is 9.86. The molecule has 0 aromatic heterocycles. The van der Waals surface area contributed by atoms with E-state index < -0.39 is 0 Å². The van der Waals surface area contributed by atoms with E-state index in [9.17, 15) is 9.59 Å². The van der Waals surface area contributed by atoms with Crippen molar-refractivity contribution < 1.29 is 9.59 Å². The molecule has 0 saturated carbocycles. The number of nitrogens with one attached hydrogen (secondary N) is 2. The highest BCUT2D eigenvalue weighted by molar-refractivity contribution is 5.96. The Kier molecular flexibility index (Phi) is 8.36. The van der Waals surface area contributed by atoms with Gasteiger partial charge < -0.3 is 10.6 Å². The fourth-order valence-corrected chi connectivity index (χ4v) is 1.58. The fraction of sp³-hybridized carbons (Fsp3) is 0.529. The third-order valence-corrected chi connectivity index (χ3v) is 3.21. The molecule has 2 amide bonds. The molecule has 0 rings (SSSR count). The number of carbonyl (C=O) groups excluding carboxylic acids is 2. The molecular weight excluding hydrogens is 264 g/mol. The van der Waals surface area contributed by atoms with Gasteiger partial charge in [-0.15, -0.1) is 0 Å². The highest BCUT2D eigenvalue weighted by Gasteiger charge is 2.19. The summed E-state index contributed by atoms with van der Waals surface area (Å²) in [7, 11) is 0. The van der Waals surface area contributed by atoms with Gasteiger partial charge in [0.15, 0.2) is 0 Å². The minimum atomic E-state index is -0.212. The summed E-state index contributed by atoms with van der Waals surface area (Å²) in [5.41, 5.74) is 1.27. The monoisotopic (exact) mass is 292 g/mol. The van der Waals surface area contributed by atoms with Gasteiger partial charge in [-0.1, -0.05) is 52.0 Å². The first kappa shape index (κ1) is 19.2. The highest BCUT2D eigenvalue weighted by Crippen LogP contribution is 2.23. The average Bonchev–Trinajstić information content (AvgIpc) is 2.40. The first-order valence-electron chi connectivity index (χ1n) is 7.26. The molecule has 21 heavy (non-hydrogen) atoms. The average molecular weight is 292 g/mol. The topological polar surface area (TPSA) is 58.2 Å². The van der Waals surface area contributed by atoms with E-state index in [0.29, 0.717) is 25.1 Å². The van der Waals surface area contributed by atoms with Crippen molar-refractivity contribution in [2.24, 2.45) is 5.41 Å². The molecule has 0 radical (unpaired) electrons. The molecule has 118 valence electrons. The van der Waals surface area contributed by atoms with E-state index in [1.165, 1.54) is 6.08 Å². The van der Waals surface area contributed by atoms with E-state index in [2.05, 4.69) is 44.6 Å². The van der Waals surface area contributed by atoms with Gasteiger partial charge in [0, 0.05) is 25.1 Å². The van der Waals surface area contributed by atoms with Gasteiger partial charge in [-0.05, 0) is 18.4 Å². The zero-order valence-electron chi connectivity index (χ0n) is 13.7. The van der Waals surface area contributed by atoms with Gasteiger partial charge in [0.2, 0.25) is 5.91 Å². The zero-order valence-corrected chi connectivity index (χ0v) is 13.7. The van der Waals surface area contributed by atoms with E-state index in [0.717, 1.165) is 12.0 Å². The molecule has 4 nitrogen and oxygen atoms in total. The van der Waals surface area contributed by atoms with Crippen LogP contribution in [0.15, 0.2) is 36.5 Å². The third-order valence-electron chi connectivity index (χ3n) is 3.21. The van der Waals surface area contributed by atoms with Crippen molar-refractivity contribution in [3.63, 3.8) is 0 Å². The van der Waals surface area contributed by atoms with E-state index in [1.54, 1.807) is 6.08 Å². The lowest BCUT2D eigenvalue weighted by molar-refractivity contribution is -0.123. The maximum Gasteiger partial charge on any atom is 0.251 e. The number of allylic oxidation sites excluding steroid dienone is 2. The Morgan fingerprint density at radius 3 is 2.24 bits per heavy atom. The lowest BCUT2D eigenvalue weighted by Crippen LogP contribution is -2.36. The Hall–Kier alpha value is -1.84. The van der Waals surface area contributed by atoms with Crippen LogP contribution in [0.4, 0.5) is 0 Å². The van der Waals surface area contributed by atoms with Crippen LogP contribution >= 0.6 is 0 Å². The Balaban J connectivity index is 4.11. The summed E-state index contributed by atoms with van der Waals surface area (Å²) in [6, 6.07) is 0. The van der Waals surface area contributed by atoms with Gasteiger partial charge in [0.1, 0.15) is 0 Å². The predicted octanol–water partition coefficient (Wildman–Crippen LogP) is 2.73. The maximum absolute atomic E-state index is 11.8. The van der Waals surface area contributed by atoms with Gasteiger partial charge in [0.25, 0.3) is 5.91 Å². The van der Waals surface area contributed by atoms with Crippen LogP contribution in [0.1, 0.15) is 40.5 Å². The maximum atomic E-state index is 11.8. The molecule has 0 saturated heterocycles. The van der Waals surface area contributed by atoms with Crippen LogP contribution in [-0.4, -0.2) is 24.9 Å². The normalized spacial score (nSPS) is 11.7. The van der Waals surface area contributed by atoms with Crippen molar-refractivity contribution in [2.45, 2.75) is 40.5 Å². The summed E-state index contributed by atoms with van der Waals surface area (Å²) in [5, 5.41) is 5.55. The molecule has 0 aliphatic rings. The van der Waals surface area contributed by atoms with Crippen LogP contribution in [0.3, 0.4) is 0 Å². The molecule has 0 atom stereocenters. The zero-order chi connectivity index (χ0) is 16.5. The van der Waals surface area contributed by atoms with E-state index in [-0.39, 0.29) is 17.2 Å². The van der Waals surface area contributed by atoms with Gasteiger partial charge in [-0.2, -0.15) is 0 Å². The Bertz CT molecular complexity index is 434. The number of amides is 2. The molecule has 0 heterocycles. The van der Waals surface area contributed by atoms with Crippen molar-refractivity contribution in [1.29, 1.82) is 0 Å². The standard InChI is InChI=1S/C17H28N2O2/c1-7-14(11-13(3)4)16(21)19-10-9-18-15(20)12-17(5,6)8-2/h7,11H,1,3,8-10,12H2,2,4-6H3,(H,18,20)(H,19,21)/b14-11+. The molecule has 0 aliphatic heterocycles. The molecule has 0 unspecified atom stereocenters. The summed E-state index contributed by atoms with van der Waals surface area (Å²) in [6.07, 6.45) is 4.60. The van der Waals surface area contributed by atoms with Gasteiger partial charge in [-0.25, -0.2) is 0 Å². The second-order valence-corrected chi connectivity index (χ2v) is 5.95. The second kappa shape index (κ2) is 9.16. The molecule has 0 fully saturated rings. The predicted molar refractivity (Wildman–Crippen MR) is 87.8 cm³/mol. The van der Waals surface area contributed by atoms with Gasteiger partial charge in [-0.3, -0.25) is 9.59 Å². The van der Waals surface area contributed by atoms with E-state index in [1.807, 2.05) is 6.92 Å². The SMILES string of the molecule is C=C/C(=C\C(=C)C)C(=O)NCCNC(=O)CC(C)(C)CC. The summed E-state index contributed by atoms with van der Waals surface area (Å²) in [5.74, 6) is -0.200. The van der Waals surface area contributed by atoms with Crippen LogP contribution in [-0.2, 0) is 9.59 Å². The first-order chi connectivity index (χ1) is 9.71. The minimum Gasteiger partial charge on any atom is -0.354 e. The lowest BCUT2D eigenvalue weighted by Gasteiger charge is -2.21. The van der Waals surface area contributed by atoms with Crippen molar-refractivity contribution in [1.82, 2.24) is 10.6 Å². The highest BCUT2D eigenvalue weighted by atomic mass is 16.2. The minimum absolute atomic E-state index is 0.00751. The molecule has 0 aliphatic carbocycles. The van der Waals surface area contributed by atoms with Crippen LogP contribution in [0.5, 0.6) is 0 Å². The Labute approximate surface area is 128 Å². The van der Waals surface area contributed by atoms with Crippen LogP contribution in [0.2, 0.25) is 0 Å². The fourth-order valence-electron chi connectivity index (χ4n) is 1.58. The number of hydrogen-bond acceptors (Lipinski definition) is 2. The summed E-state index contributed by atoms with van der Waals surface area (Å²) < 4.78 is 0. The van der Waals surface area contributed by atoms with E-state index in [4.69, 9.17) is 0 Å². The summed E-state index contributed by atoms with van der Waals surface area (Å²) in [4.78, 5) is 23.6. The second-order valence-electron chi connectivity index (χ2n) is 5.95. The van der Waals surface area contributed by atoms with Crippen LogP contribution in [0.25, 0.3) is 0 Å². The summed E-state index contributed by atoms with van der Waals surface area (Å²) >= 11 is 0. The van der Waals surface area contributed by atoms with E-state index >= 15 is 0 Å². The number of rotatable bonds is 9.